The first-order valence-corrected chi connectivity index (χ1v) is 28.1. The number of ether oxygens (including phenoxy) is 3. The van der Waals surface area contributed by atoms with E-state index in [2.05, 4.69) is 69.4 Å². The summed E-state index contributed by atoms with van der Waals surface area (Å²) in [5.74, 6) is -0.898. The summed E-state index contributed by atoms with van der Waals surface area (Å²) in [4.78, 5) is 38.0. The second-order valence-corrected chi connectivity index (χ2v) is 18.8. The quantitative estimate of drug-likeness (QED) is 0.0262. The summed E-state index contributed by atoms with van der Waals surface area (Å²) in [6.45, 7) is 6.58. The van der Waals surface area contributed by atoms with Crippen LogP contribution in [0.2, 0.25) is 0 Å². The van der Waals surface area contributed by atoms with Crippen LogP contribution in [0.3, 0.4) is 0 Å². The van der Waals surface area contributed by atoms with Crippen molar-refractivity contribution in [3.63, 3.8) is 0 Å². The van der Waals surface area contributed by atoms with Gasteiger partial charge in [-0.1, -0.05) is 223 Å². The predicted octanol–water partition coefficient (Wildman–Crippen LogP) is 18.7. The first kappa shape index (κ1) is 62.4. The molecule has 0 aliphatic rings. The molecule has 0 aliphatic carbocycles. The molecule has 0 heterocycles. The number of esters is 3. The van der Waals surface area contributed by atoms with Crippen LogP contribution >= 0.6 is 0 Å². The van der Waals surface area contributed by atoms with Crippen molar-refractivity contribution in [1.82, 2.24) is 0 Å². The van der Waals surface area contributed by atoms with Crippen LogP contribution in [0.1, 0.15) is 290 Å². The normalized spacial score (nSPS) is 12.4. The zero-order valence-electron chi connectivity index (χ0n) is 43.3. The van der Waals surface area contributed by atoms with Crippen LogP contribution in [0.15, 0.2) is 48.6 Å². The molecule has 1 unspecified atom stereocenters. The summed E-state index contributed by atoms with van der Waals surface area (Å²) in [6.07, 6.45) is 65.3. The van der Waals surface area contributed by atoms with Crippen molar-refractivity contribution in [3.8, 4) is 0 Å². The van der Waals surface area contributed by atoms with Gasteiger partial charge < -0.3 is 14.2 Å². The van der Waals surface area contributed by atoms with Gasteiger partial charge in [0.1, 0.15) is 13.2 Å². The highest BCUT2D eigenvalue weighted by molar-refractivity contribution is 5.71. The fourth-order valence-electron chi connectivity index (χ4n) is 7.98. The third-order valence-corrected chi connectivity index (χ3v) is 12.3. The van der Waals surface area contributed by atoms with Gasteiger partial charge >= 0.3 is 17.9 Å². The summed E-state index contributed by atoms with van der Waals surface area (Å²) in [6, 6.07) is 0. The minimum atomic E-state index is -0.783. The van der Waals surface area contributed by atoms with Gasteiger partial charge in [0.15, 0.2) is 6.10 Å². The van der Waals surface area contributed by atoms with Crippen molar-refractivity contribution < 1.29 is 28.6 Å². The molecule has 0 aromatic heterocycles. The molecule has 6 nitrogen and oxygen atoms in total. The van der Waals surface area contributed by atoms with E-state index >= 15 is 0 Å². The number of carbonyl (C=O) groups excluding carboxylic acids is 3. The van der Waals surface area contributed by atoms with E-state index in [4.69, 9.17) is 14.2 Å². The van der Waals surface area contributed by atoms with Gasteiger partial charge in [-0.3, -0.25) is 14.4 Å². The van der Waals surface area contributed by atoms with E-state index in [0.717, 1.165) is 89.9 Å². The molecule has 0 rings (SSSR count). The summed E-state index contributed by atoms with van der Waals surface area (Å²) >= 11 is 0. The summed E-state index contributed by atoms with van der Waals surface area (Å²) in [5.41, 5.74) is 0. The van der Waals surface area contributed by atoms with Crippen molar-refractivity contribution >= 4 is 17.9 Å². The molecule has 0 aromatic carbocycles. The Morgan fingerprint density at radius 1 is 0.308 bits per heavy atom. The maximum atomic E-state index is 12.8. The Morgan fingerprint density at radius 2 is 0.569 bits per heavy atom. The summed E-state index contributed by atoms with van der Waals surface area (Å²) in [7, 11) is 0. The third kappa shape index (κ3) is 52.2. The smallest absolute Gasteiger partial charge is 0.306 e. The molecule has 0 aliphatic heterocycles. The van der Waals surface area contributed by atoms with E-state index in [-0.39, 0.29) is 31.1 Å². The number of hydrogen-bond donors (Lipinski definition) is 0. The van der Waals surface area contributed by atoms with Crippen molar-refractivity contribution in [2.24, 2.45) is 0 Å². The van der Waals surface area contributed by atoms with Crippen molar-refractivity contribution in [1.29, 1.82) is 0 Å². The molecular formula is C59H106O6. The molecule has 0 aromatic rings. The standard InChI is InChI=1S/C59H106O6/c1-4-7-10-13-16-19-22-24-26-27-28-29-30-31-33-34-37-40-43-46-49-52-58(61)64-55-56(54-63-57(60)51-48-45-42-39-36-21-18-15-12-9-6-3)65-59(62)53-50-47-44-41-38-35-32-25-23-20-17-14-11-8-5-2/h15,17-18,20,25,27-28,32,56H,4-14,16,19,21-24,26,29-31,33-55H2,1-3H3/b18-15-,20-17-,28-27-,32-25-. The molecule has 0 N–H and O–H groups in total. The highest BCUT2D eigenvalue weighted by Gasteiger charge is 2.19. The Kier molecular flexibility index (Phi) is 51.8. The van der Waals surface area contributed by atoms with Crippen LogP contribution in [0.5, 0.6) is 0 Å². The number of carbonyl (C=O) groups is 3. The SMILES string of the molecule is CCCC/C=C\CCCCCCCC(=O)OCC(COC(=O)CCCCCCCCCCC/C=C\CCCCCCCCCC)OC(=O)CCCCCCC/C=C\C/C=C\CCCCC. The van der Waals surface area contributed by atoms with Crippen LogP contribution < -0.4 is 0 Å². The minimum Gasteiger partial charge on any atom is -0.462 e. The molecule has 0 saturated carbocycles. The van der Waals surface area contributed by atoms with Gasteiger partial charge in [0.05, 0.1) is 0 Å². The second-order valence-electron chi connectivity index (χ2n) is 18.8. The lowest BCUT2D eigenvalue weighted by Crippen LogP contribution is -2.30. The molecule has 1 atom stereocenters. The zero-order valence-corrected chi connectivity index (χ0v) is 43.3. The molecule has 378 valence electrons. The first-order valence-electron chi connectivity index (χ1n) is 28.1. The Balaban J connectivity index is 4.31. The number of hydrogen-bond acceptors (Lipinski definition) is 6. The lowest BCUT2D eigenvalue weighted by atomic mass is 10.1. The van der Waals surface area contributed by atoms with Gasteiger partial charge in [-0.25, -0.2) is 0 Å². The minimum absolute atomic E-state index is 0.0814. The fourth-order valence-corrected chi connectivity index (χ4v) is 7.98. The van der Waals surface area contributed by atoms with E-state index in [1.807, 2.05) is 0 Å². The predicted molar refractivity (Wildman–Crippen MR) is 279 cm³/mol. The average molecular weight is 911 g/mol. The Morgan fingerprint density at radius 3 is 0.938 bits per heavy atom. The molecule has 6 heteroatoms. The third-order valence-electron chi connectivity index (χ3n) is 12.3. The number of allylic oxidation sites excluding steroid dienone is 8. The fraction of sp³-hybridized carbons (Fsp3) is 0.814. The van der Waals surface area contributed by atoms with Crippen LogP contribution in [0, 0.1) is 0 Å². The maximum Gasteiger partial charge on any atom is 0.306 e. The molecule has 0 amide bonds. The van der Waals surface area contributed by atoms with Crippen LogP contribution in [0.25, 0.3) is 0 Å². The molecule has 65 heavy (non-hydrogen) atoms. The highest BCUT2D eigenvalue weighted by Crippen LogP contribution is 2.15. The van der Waals surface area contributed by atoms with Gasteiger partial charge in [0, 0.05) is 19.3 Å². The second kappa shape index (κ2) is 54.0. The Labute approximate surface area is 403 Å². The van der Waals surface area contributed by atoms with Crippen LogP contribution in [0.4, 0.5) is 0 Å². The highest BCUT2D eigenvalue weighted by atomic mass is 16.6. The van der Waals surface area contributed by atoms with Gasteiger partial charge in [0.2, 0.25) is 0 Å². The molecule has 0 radical (unpaired) electrons. The molecule has 0 bridgehead atoms. The van der Waals surface area contributed by atoms with Gasteiger partial charge in [0.25, 0.3) is 0 Å². The van der Waals surface area contributed by atoms with Crippen molar-refractivity contribution in [2.75, 3.05) is 13.2 Å². The van der Waals surface area contributed by atoms with Gasteiger partial charge in [-0.2, -0.15) is 0 Å². The van der Waals surface area contributed by atoms with Crippen molar-refractivity contribution in [2.45, 2.75) is 297 Å². The van der Waals surface area contributed by atoms with Crippen molar-refractivity contribution in [3.05, 3.63) is 48.6 Å². The van der Waals surface area contributed by atoms with Gasteiger partial charge in [-0.05, 0) is 96.3 Å². The zero-order chi connectivity index (χ0) is 47.2. The van der Waals surface area contributed by atoms with Crippen LogP contribution in [-0.2, 0) is 28.6 Å². The molecule has 0 saturated heterocycles. The lowest BCUT2D eigenvalue weighted by Gasteiger charge is -2.18. The van der Waals surface area contributed by atoms with Crippen LogP contribution in [-0.4, -0.2) is 37.2 Å². The Bertz CT molecular complexity index is 1140. The molecular weight excluding hydrogens is 805 g/mol. The van der Waals surface area contributed by atoms with E-state index in [0.29, 0.717) is 19.3 Å². The molecule has 0 spiro atoms. The topological polar surface area (TPSA) is 78.9 Å². The van der Waals surface area contributed by atoms with E-state index in [1.165, 1.54) is 161 Å². The largest absolute Gasteiger partial charge is 0.462 e. The average Bonchev–Trinajstić information content (AvgIpc) is 3.30. The van der Waals surface area contributed by atoms with E-state index in [9.17, 15) is 14.4 Å². The summed E-state index contributed by atoms with van der Waals surface area (Å²) in [5, 5.41) is 0. The summed E-state index contributed by atoms with van der Waals surface area (Å²) < 4.78 is 16.8. The maximum absolute atomic E-state index is 12.8. The monoisotopic (exact) mass is 911 g/mol. The van der Waals surface area contributed by atoms with Gasteiger partial charge in [-0.15, -0.1) is 0 Å². The molecule has 0 fully saturated rings. The lowest BCUT2D eigenvalue weighted by molar-refractivity contribution is -0.167. The number of unbranched alkanes of at least 4 members (excludes halogenated alkanes) is 32. The van der Waals surface area contributed by atoms with E-state index in [1.54, 1.807) is 0 Å². The first-order chi connectivity index (χ1) is 32.0. The number of rotatable bonds is 51. The van der Waals surface area contributed by atoms with E-state index < -0.39 is 6.10 Å². The Hall–Kier alpha value is -2.63.